The molecule has 5 nitrogen and oxygen atoms in total. The Hall–Kier alpha value is -2.56. The van der Waals surface area contributed by atoms with Gasteiger partial charge >= 0.3 is 12.1 Å². The maximum absolute atomic E-state index is 12.8. The number of esters is 1. The Labute approximate surface area is 123 Å². The molecule has 0 aromatic heterocycles. The van der Waals surface area contributed by atoms with Gasteiger partial charge in [-0.3, -0.25) is 4.79 Å². The summed E-state index contributed by atoms with van der Waals surface area (Å²) in [7, 11) is 1.12. The van der Waals surface area contributed by atoms with E-state index in [1.54, 1.807) is 6.07 Å². The highest BCUT2D eigenvalue weighted by molar-refractivity contribution is 6.01. The lowest BCUT2D eigenvalue weighted by Crippen LogP contribution is -2.41. The molecule has 0 spiro atoms. The molecule has 1 aliphatic heterocycles. The molecule has 1 amide bonds. The molecule has 22 heavy (non-hydrogen) atoms. The number of carbonyl (C=O) groups excluding carboxylic acids is 2. The largest absolute Gasteiger partial charge is 0.467 e. The number of fused-ring (bicyclic) bond motifs is 1. The first kappa shape index (κ1) is 15.8. The van der Waals surface area contributed by atoms with Crippen molar-refractivity contribution in [3.63, 3.8) is 0 Å². The highest BCUT2D eigenvalue weighted by Gasteiger charge is 2.43. The van der Waals surface area contributed by atoms with E-state index in [0.717, 1.165) is 30.2 Å². The van der Waals surface area contributed by atoms with Gasteiger partial charge in [0.25, 0.3) is 5.91 Å². The Morgan fingerprint density at radius 1 is 1.45 bits per heavy atom. The predicted octanol–water partition coefficient (Wildman–Crippen LogP) is 2.29. The number of hydrogen-bond acceptors (Lipinski definition) is 4. The van der Waals surface area contributed by atoms with Gasteiger partial charge in [-0.05, 0) is 25.1 Å². The van der Waals surface area contributed by atoms with E-state index in [2.05, 4.69) is 4.74 Å². The summed E-state index contributed by atoms with van der Waals surface area (Å²) >= 11 is 0. The monoisotopic (exact) mass is 312 g/mol. The van der Waals surface area contributed by atoms with Crippen LogP contribution in [0.15, 0.2) is 18.2 Å². The molecule has 2 rings (SSSR count). The van der Waals surface area contributed by atoms with Crippen LogP contribution in [0.25, 0.3) is 0 Å². The number of nitriles is 1. The van der Waals surface area contributed by atoms with E-state index in [4.69, 9.17) is 0 Å². The minimum atomic E-state index is -4.58. The summed E-state index contributed by atoms with van der Waals surface area (Å²) < 4.78 is 42.8. The van der Waals surface area contributed by atoms with Crippen LogP contribution in [0, 0.1) is 11.3 Å². The second-order valence-corrected chi connectivity index (χ2v) is 4.74. The first-order chi connectivity index (χ1) is 10.2. The van der Waals surface area contributed by atoms with Crippen LogP contribution in [-0.2, 0) is 15.7 Å². The quantitative estimate of drug-likeness (QED) is 0.786. The lowest BCUT2D eigenvalue weighted by atomic mass is 10.0. The SMILES string of the molecule is COC(=O)C(C)N1C(=O)c2ccc(C(F)(F)F)cc2C1C#N. The average molecular weight is 312 g/mol. The van der Waals surface area contributed by atoms with E-state index in [0.29, 0.717) is 0 Å². The van der Waals surface area contributed by atoms with E-state index < -0.39 is 35.7 Å². The van der Waals surface area contributed by atoms with E-state index in [9.17, 15) is 28.0 Å². The van der Waals surface area contributed by atoms with Crippen LogP contribution in [0.3, 0.4) is 0 Å². The maximum atomic E-state index is 12.8. The van der Waals surface area contributed by atoms with Gasteiger partial charge in [-0.2, -0.15) is 18.4 Å². The summed E-state index contributed by atoms with van der Waals surface area (Å²) in [5, 5.41) is 9.22. The van der Waals surface area contributed by atoms with E-state index in [-0.39, 0.29) is 11.1 Å². The van der Waals surface area contributed by atoms with Crippen LogP contribution in [0.4, 0.5) is 13.2 Å². The lowest BCUT2D eigenvalue weighted by Gasteiger charge is -2.25. The van der Waals surface area contributed by atoms with Crippen molar-refractivity contribution in [2.75, 3.05) is 7.11 Å². The van der Waals surface area contributed by atoms with Gasteiger partial charge < -0.3 is 9.64 Å². The third-order valence-corrected chi connectivity index (χ3v) is 3.50. The number of nitrogens with zero attached hydrogens (tertiary/aromatic N) is 2. The van der Waals surface area contributed by atoms with Crippen LogP contribution in [0.2, 0.25) is 0 Å². The number of rotatable bonds is 2. The standard InChI is InChI=1S/C14H11F3N2O3/c1-7(13(21)22-2)19-11(6-18)10-5-8(14(15,16)17)3-4-9(10)12(19)20/h3-5,7,11H,1-2H3. The first-order valence-electron chi connectivity index (χ1n) is 6.23. The van der Waals surface area contributed by atoms with Gasteiger partial charge in [0.2, 0.25) is 0 Å². The van der Waals surface area contributed by atoms with Crippen molar-refractivity contribution in [2.45, 2.75) is 25.2 Å². The Kier molecular flexibility index (Phi) is 3.83. The number of benzene rings is 1. The Bertz CT molecular complexity index is 679. The zero-order chi connectivity index (χ0) is 16.7. The fraction of sp³-hybridized carbons (Fsp3) is 0.357. The molecule has 1 aromatic rings. The van der Waals surface area contributed by atoms with Gasteiger partial charge in [0, 0.05) is 11.1 Å². The number of alkyl halides is 3. The molecule has 1 aromatic carbocycles. The van der Waals surface area contributed by atoms with Crippen LogP contribution < -0.4 is 0 Å². The topological polar surface area (TPSA) is 70.4 Å². The molecule has 0 radical (unpaired) electrons. The molecular weight excluding hydrogens is 301 g/mol. The van der Waals surface area contributed by atoms with Crippen molar-refractivity contribution < 1.29 is 27.5 Å². The molecule has 0 bridgehead atoms. The van der Waals surface area contributed by atoms with E-state index in [1.165, 1.54) is 6.92 Å². The Morgan fingerprint density at radius 2 is 2.09 bits per heavy atom. The van der Waals surface area contributed by atoms with E-state index in [1.807, 2.05) is 0 Å². The van der Waals surface area contributed by atoms with Crippen molar-refractivity contribution in [3.05, 3.63) is 34.9 Å². The van der Waals surface area contributed by atoms with E-state index >= 15 is 0 Å². The fourth-order valence-corrected chi connectivity index (χ4v) is 2.38. The molecule has 0 fully saturated rings. The Morgan fingerprint density at radius 3 is 2.59 bits per heavy atom. The molecule has 0 saturated carbocycles. The molecular formula is C14H11F3N2O3. The smallest absolute Gasteiger partial charge is 0.416 e. The average Bonchev–Trinajstić information content (AvgIpc) is 2.76. The number of halogens is 3. The van der Waals surface area contributed by atoms with Crippen molar-refractivity contribution in [1.82, 2.24) is 4.90 Å². The number of methoxy groups -OCH3 is 1. The minimum absolute atomic E-state index is 0.0182. The summed E-state index contributed by atoms with van der Waals surface area (Å²) in [5.41, 5.74) is -1.03. The second-order valence-electron chi connectivity index (χ2n) is 4.74. The van der Waals surface area contributed by atoms with Crippen LogP contribution in [-0.4, -0.2) is 29.9 Å². The van der Waals surface area contributed by atoms with Gasteiger partial charge in [0.05, 0.1) is 18.7 Å². The summed E-state index contributed by atoms with van der Waals surface area (Å²) in [6, 6.07) is 1.99. The second kappa shape index (κ2) is 5.33. The van der Waals surface area contributed by atoms with Crippen molar-refractivity contribution in [2.24, 2.45) is 0 Å². The number of amides is 1. The molecule has 1 heterocycles. The summed E-state index contributed by atoms with van der Waals surface area (Å²) in [5.74, 6) is -1.43. The molecule has 0 saturated heterocycles. The highest BCUT2D eigenvalue weighted by Crippen LogP contribution is 2.39. The minimum Gasteiger partial charge on any atom is -0.467 e. The third-order valence-electron chi connectivity index (χ3n) is 3.50. The molecule has 0 aliphatic carbocycles. The zero-order valence-electron chi connectivity index (χ0n) is 11.6. The van der Waals surface area contributed by atoms with Gasteiger partial charge in [0.1, 0.15) is 12.1 Å². The summed E-state index contributed by atoms with van der Waals surface area (Å²) in [4.78, 5) is 24.8. The maximum Gasteiger partial charge on any atom is 0.416 e. The number of ether oxygens (including phenoxy) is 1. The van der Waals surface area contributed by atoms with Gasteiger partial charge in [0.15, 0.2) is 0 Å². The normalized spacial score (nSPS) is 18.6. The molecule has 0 N–H and O–H groups in total. The molecule has 116 valence electrons. The zero-order valence-corrected chi connectivity index (χ0v) is 11.6. The van der Waals surface area contributed by atoms with Crippen molar-refractivity contribution in [1.29, 1.82) is 5.26 Å². The fourth-order valence-electron chi connectivity index (χ4n) is 2.38. The van der Waals surface area contributed by atoms with Crippen LogP contribution in [0.5, 0.6) is 0 Å². The lowest BCUT2D eigenvalue weighted by molar-refractivity contribution is -0.145. The highest BCUT2D eigenvalue weighted by atomic mass is 19.4. The van der Waals surface area contributed by atoms with Crippen LogP contribution in [0.1, 0.15) is 34.5 Å². The summed E-state index contributed by atoms with van der Waals surface area (Å²) in [6.45, 7) is 1.35. The molecule has 2 atom stereocenters. The molecule has 8 heteroatoms. The van der Waals surface area contributed by atoms with Crippen LogP contribution >= 0.6 is 0 Å². The van der Waals surface area contributed by atoms with Crippen molar-refractivity contribution in [3.8, 4) is 6.07 Å². The predicted molar refractivity (Wildman–Crippen MR) is 67.4 cm³/mol. The van der Waals surface area contributed by atoms with Gasteiger partial charge in [-0.15, -0.1) is 0 Å². The number of hydrogen-bond donors (Lipinski definition) is 0. The summed E-state index contributed by atoms with van der Waals surface area (Å²) in [6.07, 6.45) is -4.58. The Balaban J connectivity index is 2.51. The first-order valence-corrected chi connectivity index (χ1v) is 6.23. The van der Waals surface area contributed by atoms with Crippen molar-refractivity contribution >= 4 is 11.9 Å². The number of carbonyl (C=O) groups is 2. The molecule has 1 aliphatic rings. The third kappa shape index (κ3) is 2.39. The molecule has 2 unspecified atom stereocenters. The van der Waals surface area contributed by atoms with Gasteiger partial charge in [-0.25, -0.2) is 4.79 Å². The van der Waals surface area contributed by atoms with Gasteiger partial charge in [-0.1, -0.05) is 0 Å².